The molecule has 2 rings (SSSR count). The van der Waals surface area contributed by atoms with Gasteiger partial charge in [-0.1, -0.05) is 0 Å². The van der Waals surface area contributed by atoms with E-state index in [0.717, 1.165) is 9.35 Å². The first-order valence-corrected chi connectivity index (χ1v) is 7.62. The molecular weight excluding hydrogens is 359 g/mol. The second-order valence-corrected chi connectivity index (χ2v) is 6.77. The lowest BCUT2D eigenvalue weighted by atomic mass is 10.2. The van der Waals surface area contributed by atoms with Crippen molar-refractivity contribution in [3.8, 4) is 0 Å². The summed E-state index contributed by atoms with van der Waals surface area (Å²) in [7, 11) is 0. The molecule has 7 heteroatoms. The van der Waals surface area contributed by atoms with Crippen LogP contribution in [0.15, 0.2) is 28.1 Å². The Labute approximate surface area is 133 Å². The van der Waals surface area contributed by atoms with Crippen molar-refractivity contribution in [2.24, 2.45) is 0 Å². The molecule has 110 valence electrons. The number of benzene rings is 1. The molecule has 0 spiro atoms. The van der Waals surface area contributed by atoms with Gasteiger partial charge in [-0.2, -0.15) is 0 Å². The maximum Gasteiger partial charge on any atom is 0.265 e. The fourth-order valence-corrected chi connectivity index (χ4v) is 3.09. The molecule has 2 aromatic rings. The van der Waals surface area contributed by atoms with Crippen LogP contribution in [0, 0.1) is 12.7 Å². The molecule has 1 heterocycles. The molecule has 2 amide bonds. The standard InChI is InChI=1S/C14H12BrFN2O2S/c1-7-5-12(21-13(7)15)14(20)18-11-6-9(17-8(2)19)3-4-10(11)16/h3-6H,1-2H3,(H,17,19)(H,18,20). The van der Waals surface area contributed by atoms with Crippen molar-refractivity contribution in [2.75, 3.05) is 10.6 Å². The summed E-state index contributed by atoms with van der Waals surface area (Å²) >= 11 is 4.61. The van der Waals surface area contributed by atoms with Crippen molar-refractivity contribution in [1.82, 2.24) is 0 Å². The normalized spacial score (nSPS) is 10.3. The van der Waals surface area contributed by atoms with E-state index in [4.69, 9.17) is 0 Å². The summed E-state index contributed by atoms with van der Waals surface area (Å²) in [4.78, 5) is 23.6. The highest BCUT2D eigenvalue weighted by atomic mass is 79.9. The van der Waals surface area contributed by atoms with E-state index >= 15 is 0 Å². The van der Waals surface area contributed by atoms with Gasteiger partial charge in [0.2, 0.25) is 5.91 Å². The SMILES string of the molecule is CC(=O)Nc1ccc(F)c(NC(=O)c2cc(C)c(Br)s2)c1. The van der Waals surface area contributed by atoms with E-state index < -0.39 is 11.7 Å². The molecule has 0 radical (unpaired) electrons. The van der Waals surface area contributed by atoms with Crippen LogP contribution in [0.1, 0.15) is 22.2 Å². The number of nitrogens with one attached hydrogen (secondary N) is 2. The van der Waals surface area contributed by atoms with Crippen LogP contribution in [0.25, 0.3) is 0 Å². The largest absolute Gasteiger partial charge is 0.326 e. The summed E-state index contributed by atoms with van der Waals surface area (Å²) in [5.41, 5.74) is 1.38. The number of amides is 2. The van der Waals surface area contributed by atoms with Gasteiger partial charge in [-0.15, -0.1) is 11.3 Å². The van der Waals surface area contributed by atoms with Gasteiger partial charge >= 0.3 is 0 Å². The van der Waals surface area contributed by atoms with Gasteiger partial charge in [0.25, 0.3) is 5.91 Å². The van der Waals surface area contributed by atoms with Gasteiger partial charge in [-0.05, 0) is 52.7 Å². The summed E-state index contributed by atoms with van der Waals surface area (Å²) in [6.07, 6.45) is 0. The minimum absolute atomic E-state index is 0.0217. The van der Waals surface area contributed by atoms with E-state index in [2.05, 4.69) is 26.6 Å². The average Bonchev–Trinajstić information content (AvgIpc) is 2.73. The van der Waals surface area contributed by atoms with Gasteiger partial charge in [0.1, 0.15) is 5.82 Å². The van der Waals surface area contributed by atoms with E-state index in [9.17, 15) is 14.0 Å². The highest BCUT2D eigenvalue weighted by Gasteiger charge is 2.14. The molecule has 0 saturated heterocycles. The van der Waals surface area contributed by atoms with Crippen molar-refractivity contribution in [2.45, 2.75) is 13.8 Å². The highest BCUT2D eigenvalue weighted by molar-refractivity contribution is 9.11. The van der Waals surface area contributed by atoms with Crippen molar-refractivity contribution in [1.29, 1.82) is 0 Å². The molecule has 0 aliphatic heterocycles. The zero-order valence-corrected chi connectivity index (χ0v) is 13.7. The Hall–Kier alpha value is -1.73. The Bertz CT molecular complexity index is 695. The number of carbonyl (C=O) groups excluding carboxylic acids is 2. The van der Waals surface area contributed by atoms with Crippen LogP contribution in [0.3, 0.4) is 0 Å². The number of hydrogen-bond acceptors (Lipinski definition) is 3. The van der Waals surface area contributed by atoms with Crippen molar-refractivity contribution < 1.29 is 14.0 Å². The van der Waals surface area contributed by atoms with E-state index in [0.29, 0.717) is 10.6 Å². The molecule has 2 N–H and O–H groups in total. The maximum atomic E-state index is 13.7. The summed E-state index contributed by atoms with van der Waals surface area (Å²) in [5, 5.41) is 5.04. The number of thiophene rings is 1. The predicted molar refractivity (Wildman–Crippen MR) is 85.4 cm³/mol. The molecule has 21 heavy (non-hydrogen) atoms. The monoisotopic (exact) mass is 370 g/mol. The Morgan fingerprint density at radius 2 is 1.95 bits per heavy atom. The fraction of sp³-hybridized carbons (Fsp3) is 0.143. The molecule has 0 atom stereocenters. The maximum absolute atomic E-state index is 13.7. The third-order valence-electron chi connectivity index (χ3n) is 2.62. The third-order valence-corrected chi connectivity index (χ3v) is 4.75. The summed E-state index contributed by atoms with van der Waals surface area (Å²) in [6, 6.07) is 5.72. The lowest BCUT2D eigenvalue weighted by Crippen LogP contribution is -2.12. The molecule has 0 aliphatic carbocycles. The fourth-order valence-electron chi connectivity index (χ4n) is 1.66. The van der Waals surface area contributed by atoms with E-state index in [-0.39, 0.29) is 11.6 Å². The molecule has 1 aromatic heterocycles. The number of halogens is 2. The van der Waals surface area contributed by atoms with Gasteiger partial charge in [0, 0.05) is 12.6 Å². The second-order valence-electron chi connectivity index (χ2n) is 4.40. The zero-order valence-electron chi connectivity index (χ0n) is 11.3. The number of hydrogen-bond donors (Lipinski definition) is 2. The van der Waals surface area contributed by atoms with E-state index in [1.54, 1.807) is 6.07 Å². The Balaban J connectivity index is 2.22. The Morgan fingerprint density at radius 1 is 1.24 bits per heavy atom. The van der Waals surface area contributed by atoms with Gasteiger partial charge in [0.15, 0.2) is 0 Å². The first-order chi connectivity index (χ1) is 9.86. The van der Waals surface area contributed by atoms with Gasteiger partial charge in [-0.3, -0.25) is 9.59 Å². The molecule has 0 saturated carbocycles. The first-order valence-electron chi connectivity index (χ1n) is 6.01. The predicted octanol–water partition coefficient (Wildman–Crippen LogP) is 4.17. The molecule has 0 unspecified atom stereocenters. The number of aryl methyl sites for hydroxylation is 1. The van der Waals surface area contributed by atoms with Crippen LogP contribution in [0.4, 0.5) is 15.8 Å². The van der Waals surface area contributed by atoms with Crippen molar-refractivity contribution in [3.63, 3.8) is 0 Å². The third kappa shape index (κ3) is 3.89. The van der Waals surface area contributed by atoms with Gasteiger partial charge in [0.05, 0.1) is 14.4 Å². The average molecular weight is 371 g/mol. The molecule has 1 aromatic carbocycles. The van der Waals surface area contributed by atoms with Crippen LogP contribution in [-0.4, -0.2) is 11.8 Å². The quantitative estimate of drug-likeness (QED) is 0.851. The van der Waals surface area contributed by atoms with Crippen LogP contribution >= 0.6 is 27.3 Å². The lowest BCUT2D eigenvalue weighted by molar-refractivity contribution is -0.114. The van der Waals surface area contributed by atoms with Gasteiger partial charge < -0.3 is 10.6 Å². The highest BCUT2D eigenvalue weighted by Crippen LogP contribution is 2.28. The molecular formula is C14H12BrFN2O2S. The zero-order chi connectivity index (χ0) is 15.6. The van der Waals surface area contributed by atoms with Crippen molar-refractivity contribution >= 4 is 50.5 Å². The second kappa shape index (κ2) is 6.36. The lowest BCUT2D eigenvalue weighted by Gasteiger charge is -2.08. The van der Waals surface area contributed by atoms with Crippen molar-refractivity contribution in [3.05, 3.63) is 44.3 Å². The molecule has 0 fully saturated rings. The Morgan fingerprint density at radius 3 is 2.52 bits per heavy atom. The minimum Gasteiger partial charge on any atom is -0.326 e. The van der Waals surface area contributed by atoms with E-state index in [1.165, 1.54) is 36.5 Å². The topological polar surface area (TPSA) is 58.2 Å². The summed E-state index contributed by atoms with van der Waals surface area (Å²) < 4.78 is 14.6. The first kappa shape index (κ1) is 15.7. The minimum atomic E-state index is -0.565. The van der Waals surface area contributed by atoms with Crippen LogP contribution in [-0.2, 0) is 4.79 Å². The van der Waals surface area contributed by atoms with Gasteiger partial charge in [-0.25, -0.2) is 4.39 Å². The van der Waals surface area contributed by atoms with Crippen LogP contribution in [0.2, 0.25) is 0 Å². The van der Waals surface area contributed by atoms with E-state index in [1.807, 2.05) is 6.92 Å². The van der Waals surface area contributed by atoms with Crippen LogP contribution < -0.4 is 10.6 Å². The molecule has 0 bridgehead atoms. The Kier molecular flexibility index (Phi) is 4.74. The molecule has 0 aliphatic rings. The van der Waals surface area contributed by atoms with Crippen LogP contribution in [0.5, 0.6) is 0 Å². The molecule has 4 nitrogen and oxygen atoms in total. The smallest absolute Gasteiger partial charge is 0.265 e. The number of carbonyl (C=O) groups is 2. The summed E-state index contributed by atoms with van der Waals surface area (Å²) in [5.74, 6) is -1.23. The number of anilines is 2. The summed E-state index contributed by atoms with van der Waals surface area (Å²) in [6.45, 7) is 3.23. The number of rotatable bonds is 3.